The van der Waals surface area contributed by atoms with E-state index in [1.807, 2.05) is 17.4 Å². The highest BCUT2D eigenvalue weighted by Crippen LogP contribution is 2.49. The standard InChI is InChI=1S/C52H39N3S/c1-2-3-4-8-25-38-32-39(52-53-44(36-21-11-6-12-22-36)34-45(54-52)37-23-13-7-14-24-37)33-43(35-19-9-5-10-20-35)50(38)55-46-28-17-15-27-42(46)49-47(55)31-30-41-40-26-16-18-29-48(40)56-51(41)49/h2,5-32,34,43H,1,3-4,33H2/b25-8+. The molecule has 0 saturated carbocycles. The molecule has 1 atom stereocenters. The van der Waals surface area contributed by atoms with E-state index in [2.05, 4.69) is 187 Å². The van der Waals surface area contributed by atoms with E-state index in [0.717, 1.165) is 53.2 Å². The molecule has 3 aromatic heterocycles. The van der Waals surface area contributed by atoms with Crippen LogP contribution in [-0.2, 0) is 0 Å². The van der Waals surface area contributed by atoms with Gasteiger partial charge in [-0.15, -0.1) is 17.9 Å². The molecule has 9 aromatic rings. The maximum atomic E-state index is 5.32. The molecule has 1 aliphatic rings. The average molecular weight is 738 g/mol. The minimum Gasteiger partial charge on any atom is -0.312 e. The normalized spacial score (nSPS) is 14.7. The Morgan fingerprint density at radius 2 is 1.29 bits per heavy atom. The van der Waals surface area contributed by atoms with Crippen LogP contribution in [0, 0.1) is 0 Å². The van der Waals surface area contributed by atoms with E-state index in [1.165, 1.54) is 58.8 Å². The van der Waals surface area contributed by atoms with Crippen LogP contribution in [0.1, 0.15) is 36.6 Å². The molecule has 1 aliphatic carbocycles. The number of para-hydroxylation sites is 1. The zero-order chi connectivity index (χ0) is 37.4. The summed E-state index contributed by atoms with van der Waals surface area (Å²) in [7, 11) is 0. The largest absolute Gasteiger partial charge is 0.312 e. The quantitative estimate of drug-likeness (QED) is 0.109. The lowest BCUT2D eigenvalue weighted by Gasteiger charge is -2.30. The lowest BCUT2D eigenvalue weighted by atomic mass is 9.81. The first kappa shape index (κ1) is 33.9. The van der Waals surface area contributed by atoms with Gasteiger partial charge < -0.3 is 4.57 Å². The van der Waals surface area contributed by atoms with Crippen molar-refractivity contribution >= 4 is 64.6 Å². The van der Waals surface area contributed by atoms with Gasteiger partial charge in [-0.05, 0) is 66.3 Å². The summed E-state index contributed by atoms with van der Waals surface area (Å²) in [5.41, 5.74) is 11.2. The van der Waals surface area contributed by atoms with Crippen molar-refractivity contribution in [2.24, 2.45) is 0 Å². The minimum absolute atomic E-state index is 0.0246. The SMILES string of the molecule is C=CCC/C=C/C1=C(n2c3ccccc3c3c4sc5ccccc5c4ccc32)C(c2ccccc2)CC(c2nc(-c3ccccc3)cc(-c3ccccc3)n2)=C1. The summed E-state index contributed by atoms with van der Waals surface area (Å²) in [5.74, 6) is 0.785. The van der Waals surface area contributed by atoms with Crippen molar-refractivity contribution in [2.75, 3.05) is 0 Å². The second-order valence-electron chi connectivity index (χ2n) is 14.4. The third kappa shape index (κ3) is 6.00. The number of allylic oxidation sites excluding steroid dienone is 7. The zero-order valence-electron chi connectivity index (χ0n) is 31.0. The van der Waals surface area contributed by atoms with Gasteiger partial charge in [0.1, 0.15) is 0 Å². The number of fused-ring (bicyclic) bond motifs is 7. The van der Waals surface area contributed by atoms with Gasteiger partial charge in [-0.2, -0.15) is 0 Å². The molecule has 1 unspecified atom stereocenters. The van der Waals surface area contributed by atoms with Crippen LogP contribution in [0.25, 0.3) is 75.8 Å². The van der Waals surface area contributed by atoms with Crippen LogP contribution in [0.15, 0.2) is 194 Å². The zero-order valence-corrected chi connectivity index (χ0v) is 31.8. The lowest BCUT2D eigenvalue weighted by molar-refractivity contribution is 0.828. The van der Waals surface area contributed by atoms with Gasteiger partial charge in [-0.25, -0.2) is 9.97 Å². The molecular weight excluding hydrogens is 699 g/mol. The topological polar surface area (TPSA) is 30.7 Å². The van der Waals surface area contributed by atoms with E-state index >= 15 is 0 Å². The second-order valence-corrected chi connectivity index (χ2v) is 15.5. The third-order valence-electron chi connectivity index (χ3n) is 11.0. The molecule has 0 aliphatic heterocycles. The average Bonchev–Trinajstić information content (AvgIpc) is 3.81. The van der Waals surface area contributed by atoms with Gasteiger partial charge in [-0.1, -0.05) is 152 Å². The number of thiophene rings is 1. The van der Waals surface area contributed by atoms with E-state index in [1.54, 1.807) is 0 Å². The highest BCUT2D eigenvalue weighted by atomic mass is 32.1. The Morgan fingerprint density at radius 3 is 2.00 bits per heavy atom. The molecule has 4 heteroatoms. The molecule has 268 valence electrons. The van der Waals surface area contributed by atoms with Crippen LogP contribution in [0.3, 0.4) is 0 Å². The minimum atomic E-state index is 0.0246. The molecule has 0 radical (unpaired) electrons. The van der Waals surface area contributed by atoms with Gasteiger partial charge in [0.25, 0.3) is 0 Å². The molecule has 56 heavy (non-hydrogen) atoms. The van der Waals surface area contributed by atoms with Crippen molar-refractivity contribution in [1.82, 2.24) is 14.5 Å². The summed E-state index contributed by atoms with van der Waals surface area (Å²) >= 11 is 1.90. The maximum Gasteiger partial charge on any atom is 0.156 e. The van der Waals surface area contributed by atoms with Gasteiger partial charge >= 0.3 is 0 Å². The van der Waals surface area contributed by atoms with Crippen molar-refractivity contribution in [3.8, 4) is 22.5 Å². The molecule has 0 N–H and O–H groups in total. The lowest BCUT2D eigenvalue weighted by Crippen LogP contribution is -2.16. The fourth-order valence-electron chi connectivity index (χ4n) is 8.40. The Bertz CT molecular complexity index is 2940. The van der Waals surface area contributed by atoms with Crippen LogP contribution >= 0.6 is 11.3 Å². The molecule has 6 aromatic carbocycles. The summed E-state index contributed by atoms with van der Waals surface area (Å²) in [4.78, 5) is 10.6. The number of rotatable bonds is 9. The molecule has 0 fully saturated rings. The number of hydrogen-bond donors (Lipinski definition) is 0. The summed E-state index contributed by atoms with van der Waals surface area (Å²) < 4.78 is 5.21. The fourth-order valence-corrected chi connectivity index (χ4v) is 9.66. The van der Waals surface area contributed by atoms with Crippen LogP contribution in [0.5, 0.6) is 0 Å². The van der Waals surface area contributed by atoms with E-state index in [-0.39, 0.29) is 5.92 Å². The highest BCUT2D eigenvalue weighted by Gasteiger charge is 2.31. The summed E-state index contributed by atoms with van der Waals surface area (Å²) in [5, 5.41) is 5.22. The molecule has 0 amide bonds. The monoisotopic (exact) mass is 737 g/mol. The summed E-state index contributed by atoms with van der Waals surface area (Å²) in [6.07, 6.45) is 11.5. The Labute approximate surface area is 331 Å². The van der Waals surface area contributed by atoms with Crippen LogP contribution < -0.4 is 0 Å². The number of hydrogen-bond acceptors (Lipinski definition) is 3. The van der Waals surface area contributed by atoms with Crippen molar-refractivity contribution in [2.45, 2.75) is 25.2 Å². The molecule has 0 saturated heterocycles. The summed E-state index contributed by atoms with van der Waals surface area (Å²) in [6, 6.07) is 56.5. The van der Waals surface area contributed by atoms with E-state index in [0.29, 0.717) is 0 Å². The van der Waals surface area contributed by atoms with Gasteiger partial charge in [-0.3, -0.25) is 0 Å². The van der Waals surface area contributed by atoms with Crippen LogP contribution in [0.2, 0.25) is 0 Å². The maximum absolute atomic E-state index is 5.32. The second kappa shape index (κ2) is 14.6. The van der Waals surface area contributed by atoms with Crippen LogP contribution in [0.4, 0.5) is 0 Å². The van der Waals surface area contributed by atoms with Gasteiger partial charge in [0, 0.05) is 53.7 Å². The number of benzene rings is 6. The predicted octanol–water partition coefficient (Wildman–Crippen LogP) is 14.3. The van der Waals surface area contributed by atoms with E-state index in [9.17, 15) is 0 Å². The fraction of sp³-hybridized carbons (Fsp3) is 0.0769. The van der Waals surface area contributed by atoms with E-state index < -0.39 is 0 Å². The van der Waals surface area contributed by atoms with Crippen LogP contribution in [-0.4, -0.2) is 14.5 Å². The molecule has 0 spiro atoms. The first-order chi connectivity index (χ1) is 27.7. The molecular formula is C52H39N3S. The smallest absolute Gasteiger partial charge is 0.156 e. The number of nitrogens with zero attached hydrogens (tertiary/aromatic N) is 3. The van der Waals surface area contributed by atoms with Crippen molar-refractivity contribution in [1.29, 1.82) is 0 Å². The van der Waals surface area contributed by atoms with E-state index in [4.69, 9.17) is 9.97 Å². The predicted molar refractivity (Wildman–Crippen MR) is 239 cm³/mol. The molecule has 3 nitrogen and oxygen atoms in total. The van der Waals surface area contributed by atoms with Gasteiger partial charge in [0.15, 0.2) is 5.82 Å². The third-order valence-corrected chi connectivity index (χ3v) is 12.2. The number of unbranched alkanes of at least 4 members (excludes halogenated alkanes) is 1. The Morgan fingerprint density at radius 1 is 0.643 bits per heavy atom. The van der Waals surface area contributed by atoms with Gasteiger partial charge in [0.2, 0.25) is 0 Å². The summed E-state index contributed by atoms with van der Waals surface area (Å²) in [6.45, 7) is 4.00. The number of aromatic nitrogens is 3. The van der Waals surface area contributed by atoms with Crippen molar-refractivity contribution in [3.05, 3.63) is 206 Å². The Hall–Kier alpha value is -6.62. The van der Waals surface area contributed by atoms with Gasteiger partial charge in [0.05, 0.1) is 22.4 Å². The molecule has 3 heterocycles. The van der Waals surface area contributed by atoms with Crippen molar-refractivity contribution in [3.63, 3.8) is 0 Å². The Kier molecular flexibility index (Phi) is 8.81. The Balaban J connectivity index is 1.27. The molecule has 10 rings (SSSR count). The molecule has 0 bridgehead atoms. The highest BCUT2D eigenvalue weighted by molar-refractivity contribution is 7.26. The van der Waals surface area contributed by atoms with Crippen molar-refractivity contribution < 1.29 is 0 Å². The first-order valence-corrected chi connectivity index (χ1v) is 20.2. The first-order valence-electron chi connectivity index (χ1n) is 19.4.